The van der Waals surface area contributed by atoms with Crippen molar-refractivity contribution >= 4 is 5.78 Å². The minimum absolute atomic E-state index is 0.305. The Balaban J connectivity index is 0.000000231. The van der Waals surface area contributed by atoms with Crippen molar-refractivity contribution in [1.82, 2.24) is 0 Å². The maximum Gasteiger partial charge on any atom is 0.130 e. The highest BCUT2D eigenvalue weighted by atomic mass is 16.3. The Morgan fingerprint density at radius 3 is 1.78 bits per heavy atom. The van der Waals surface area contributed by atoms with Gasteiger partial charge in [0.15, 0.2) is 0 Å². The van der Waals surface area contributed by atoms with E-state index in [2.05, 4.69) is 12.2 Å². The van der Waals surface area contributed by atoms with Gasteiger partial charge in [-0.25, -0.2) is 0 Å². The van der Waals surface area contributed by atoms with Crippen LogP contribution in [-0.4, -0.2) is 16.5 Å². The molecule has 0 unspecified atom stereocenters. The molecule has 0 amide bonds. The molecule has 2 aliphatic rings. The van der Waals surface area contributed by atoms with E-state index in [9.17, 15) is 9.90 Å². The van der Waals surface area contributed by atoms with E-state index in [0.717, 1.165) is 25.7 Å². The van der Waals surface area contributed by atoms with Crippen LogP contribution in [-0.2, 0) is 4.79 Å². The number of carbonyl (C=O) groups is 1. The minimum atomic E-state index is -0.490. The number of hydrogen-bond acceptors (Lipinski definition) is 2. The van der Waals surface area contributed by atoms with Crippen molar-refractivity contribution in [2.75, 3.05) is 0 Å². The largest absolute Gasteiger partial charge is 0.390 e. The number of carbonyl (C=O) groups excluding carboxylic acids is 1. The van der Waals surface area contributed by atoms with E-state index >= 15 is 0 Å². The van der Waals surface area contributed by atoms with Gasteiger partial charge in [0, 0.05) is 6.42 Å². The third-order valence-electron chi connectivity index (χ3n) is 4.61. The molecule has 0 aromatic heterocycles. The lowest BCUT2D eigenvalue weighted by Crippen LogP contribution is -2.17. The monoisotopic (exact) mass is 320 g/mol. The Labute approximate surface area is 143 Å². The van der Waals surface area contributed by atoms with Crippen LogP contribution >= 0.6 is 0 Å². The minimum Gasteiger partial charge on any atom is -0.390 e. The topological polar surface area (TPSA) is 37.3 Å². The fourth-order valence-corrected chi connectivity index (χ4v) is 3.18. The smallest absolute Gasteiger partial charge is 0.130 e. The van der Waals surface area contributed by atoms with Crippen LogP contribution in [0, 0.1) is 0 Å². The molecule has 2 nitrogen and oxygen atoms in total. The quantitative estimate of drug-likeness (QED) is 0.619. The van der Waals surface area contributed by atoms with Gasteiger partial charge < -0.3 is 9.90 Å². The molecule has 1 N–H and O–H groups in total. The average molecular weight is 321 g/mol. The Kier molecular flexibility index (Phi) is 9.47. The van der Waals surface area contributed by atoms with Gasteiger partial charge in [0.1, 0.15) is 5.78 Å². The van der Waals surface area contributed by atoms with Gasteiger partial charge in [-0.1, -0.05) is 23.3 Å². The second-order valence-corrected chi connectivity index (χ2v) is 7.73. The van der Waals surface area contributed by atoms with Crippen molar-refractivity contribution in [3.63, 3.8) is 0 Å². The molecule has 132 valence electrons. The van der Waals surface area contributed by atoms with Crippen molar-refractivity contribution in [3.05, 3.63) is 23.3 Å². The van der Waals surface area contributed by atoms with E-state index in [1.807, 2.05) is 13.8 Å². The maximum absolute atomic E-state index is 10.6. The van der Waals surface area contributed by atoms with Gasteiger partial charge in [-0.2, -0.15) is 0 Å². The van der Waals surface area contributed by atoms with E-state index in [4.69, 9.17) is 0 Å². The summed E-state index contributed by atoms with van der Waals surface area (Å²) in [4.78, 5) is 10.6. The van der Waals surface area contributed by atoms with Gasteiger partial charge in [-0.05, 0) is 91.4 Å². The van der Waals surface area contributed by atoms with Crippen LogP contribution in [0.2, 0.25) is 0 Å². The van der Waals surface area contributed by atoms with Crippen LogP contribution in [0.25, 0.3) is 0 Å². The maximum atomic E-state index is 10.6. The summed E-state index contributed by atoms with van der Waals surface area (Å²) in [7, 11) is 0. The Morgan fingerprint density at radius 2 is 1.39 bits per heavy atom. The zero-order valence-electron chi connectivity index (χ0n) is 15.5. The van der Waals surface area contributed by atoms with Crippen LogP contribution in [0.1, 0.15) is 97.8 Å². The molecule has 2 heteroatoms. The molecule has 0 aliphatic heterocycles. The molecule has 23 heavy (non-hydrogen) atoms. The molecule has 0 aromatic carbocycles. The first-order valence-electron chi connectivity index (χ1n) is 9.44. The molecular formula is C21H36O2. The van der Waals surface area contributed by atoms with Gasteiger partial charge in [-0.3, -0.25) is 0 Å². The molecule has 0 spiro atoms. The van der Waals surface area contributed by atoms with Gasteiger partial charge in [-0.15, -0.1) is 0 Å². The molecule has 0 bridgehead atoms. The molecule has 2 saturated carbocycles. The number of ketones is 1. The lowest BCUT2D eigenvalue weighted by atomic mass is 10.0. The van der Waals surface area contributed by atoms with Gasteiger partial charge in [0.25, 0.3) is 0 Å². The summed E-state index contributed by atoms with van der Waals surface area (Å²) < 4.78 is 0. The Bertz CT molecular complexity index is 394. The van der Waals surface area contributed by atoms with Crippen molar-refractivity contribution in [2.45, 2.75) is 103 Å². The van der Waals surface area contributed by atoms with E-state index in [1.165, 1.54) is 51.4 Å². The lowest BCUT2D eigenvalue weighted by molar-refractivity contribution is -0.116. The first kappa shape index (κ1) is 20.2. The number of Topliss-reactive ketones (excluding diaryl/α,β-unsaturated/α-hetero) is 1. The molecule has 0 heterocycles. The standard InChI is InChI=1S/C11H20O.C10H16O/c1-11(2,12)9-5-8-10-6-3-4-7-10;1-9(11)5-4-8-10-6-2-3-7-10/h8,12H,3-7,9H2,1-2H3;8H,2-7H2,1H3. The number of aliphatic hydroxyl groups is 1. The van der Waals surface area contributed by atoms with E-state index in [-0.39, 0.29) is 0 Å². The highest BCUT2D eigenvalue weighted by Gasteiger charge is 2.11. The zero-order chi connectivity index (χ0) is 17.1. The second-order valence-electron chi connectivity index (χ2n) is 7.73. The van der Waals surface area contributed by atoms with Crippen molar-refractivity contribution in [1.29, 1.82) is 0 Å². The summed E-state index contributed by atoms with van der Waals surface area (Å²) in [6, 6.07) is 0. The first-order valence-corrected chi connectivity index (χ1v) is 9.44. The summed E-state index contributed by atoms with van der Waals surface area (Å²) >= 11 is 0. The number of hydrogen-bond donors (Lipinski definition) is 1. The molecule has 0 aromatic rings. The SMILES string of the molecule is CC(=O)CCC=C1CCCC1.CC(C)(O)CCC=C1CCCC1. The fourth-order valence-electron chi connectivity index (χ4n) is 3.18. The molecule has 0 saturated heterocycles. The van der Waals surface area contributed by atoms with Gasteiger partial charge >= 0.3 is 0 Å². The summed E-state index contributed by atoms with van der Waals surface area (Å²) in [5.74, 6) is 0.305. The van der Waals surface area contributed by atoms with Crippen molar-refractivity contribution in [2.24, 2.45) is 0 Å². The number of rotatable bonds is 6. The zero-order valence-corrected chi connectivity index (χ0v) is 15.5. The van der Waals surface area contributed by atoms with Crippen molar-refractivity contribution in [3.8, 4) is 0 Å². The van der Waals surface area contributed by atoms with Gasteiger partial charge in [0.05, 0.1) is 5.60 Å². The van der Waals surface area contributed by atoms with Crippen LogP contribution in [0.4, 0.5) is 0 Å². The predicted molar refractivity (Wildman–Crippen MR) is 98.5 cm³/mol. The third kappa shape index (κ3) is 11.3. The summed E-state index contributed by atoms with van der Waals surface area (Å²) in [6.45, 7) is 5.41. The normalized spacial score (nSPS) is 17.7. The first-order chi connectivity index (χ1) is 10.9. The van der Waals surface area contributed by atoms with Crippen molar-refractivity contribution < 1.29 is 9.90 Å². The Hall–Kier alpha value is -0.890. The molecule has 2 aliphatic carbocycles. The van der Waals surface area contributed by atoms with Crippen LogP contribution in [0.3, 0.4) is 0 Å². The summed E-state index contributed by atoms with van der Waals surface area (Å²) in [5.41, 5.74) is 2.70. The third-order valence-corrected chi connectivity index (χ3v) is 4.61. The number of allylic oxidation sites excluding steroid dienone is 4. The van der Waals surface area contributed by atoms with Crippen LogP contribution in [0.5, 0.6) is 0 Å². The lowest BCUT2D eigenvalue weighted by Gasteiger charge is -2.15. The van der Waals surface area contributed by atoms with E-state index in [0.29, 0.717) is 5.78 Å². The predicted octanol–water partition coefficient (Wildman–Crippen LogP) is 5.89. The van der Waals surface area contributed by atoms with E-state index < -0.39 is 5.60 Å². The fraction of sp³-hybridized carbons (Fsp3) is 0.762. The highest BCUT2D eigenvalue weighted by Crippen LogP contribution is 2.25. The highest BCUT2D eigenvalue weighted by molar-refractivity contribution is 5.75. The summed E-state index contributed by atoms with van der Waals surface area (Å²) in [6.07, 6.45) is 18.8. The summed E-state index contributed by atoms with van der Waals surface area (Å²) in [5, 5.41) is 9.46. The average Bonchev–Trinajstić information content (AvgIpc) is 3.10. The van der Waals surface area contributed by atoms with E-state index in [1.54, 1.807) is 18.1 Å². The molecule has 0 radical (unpaired) electrons. The molecule has 0 atom stereocenters. The Morgan fingerprint density at radius 1 is 0.957 bits per heavy atom. The molecule has 2 fully saturated rings. The van der Waals surface area contributed by atoms with Gasteiger partial charge in [0.2, 0.25) is 0 Å². The van der Waals surface area contributed by atoms with Crippen LogP contribution in [0.15, 0.2) is 23.3 Å². The molecular weight excluding hydrogens is 284 g/mol. The van der Waals surface area contributed by atoms with Crippen LogP contribution < -0.4 is 0 Å². The second kappa shape index (κ2) is 10.8. The molecule has 2 rings (SSSR count).